The third kappa shape index (κ3) is 4.90. The summed E-state index contributed by atoms with van der Waals surface area (Å²) >= 11 is 1.65. The topological polar surface area (TPSA) is 58.6 Å². The minimum absolute atomic E-state index is 0.0153. The third-order valence-corrected chi connectivity index (χ3v) is 4.96. The summed E-state index contributed by atoms with van der Waals surface area (Å²) in [5, 5.41) is 2.88. The summed E-state index contributed by atoms with van der Waals surface area (Å²) in [6.45, 7) is 7.88. The number of urea groups is 1. The Balaban J connectivity index is 2.16. The first-order chi connectivity index (χ1) is 11.4. The predicted molar refractivity (Wildman–Crippen MR) is 98.0 cm³/mol. The van der Waals surface area contributed by atoms with Gasteiger partial charge in [0, 0.05) is 11.4 Å². The molecule has 6 heteroatoms. The first-order valence-corrected chi connectivity index (χ1v) is 9.39. The van der Waals surface area contributed by atoms with E-state index < -0.39 is 6.04 Å². The van der Waals surface area contributed by atoms with E-state index in [1.165, 1.54) is 0 Å². The standard InChI is InChI=1S/C18H26N2O3S/c1-12(2)10-16-20(15(11-24-16)17(21)23-13(3)4)18(22)19-14-8-6-5-7-9-14/h5-9,12-13,15-16H,10-11H2,1-4H3,(H,19,22). The summed E-state index contributed by atoms with van der Waals surface area (Å²) in [6, 6.07) is 8.51. The average Bonchev–Trinajstić information content (AvgIpc) is 2.90. The summed E-state index contributed by atoms with van der Waals surface area (Å²) in [6.07, 6.45) is 0.656. The Kier molecular flexibility index (Phi) is 6.54. The highest BCUT2D eigenvalue weighted by Gasteiger charge is 2.42. The summed E-state index contributed by atoms with van der Waals surface area (Å²) in [5.74, 6) is 0.687. The second kappa shape index (κ2) is 8.42. The Bertz CT molecular complexity index is 563. The second-order valence-electron chi connectivity index (χ2n) is 6.62. The minimum atomic E-state index is -0.537. The lowest BCUT2D eigenvalue weighted by Gasteiger charge is -2.29. The Morgan fingerprint density at radius 3 is 2.50 bits per heavy atom. The monoisotopic (exact) mass is 350 g/mol. The van der Waals surface area contributed by atoms with Crippen molar-refractivity contribution < 1.29 is 14.3 Å². The number of carbonyl (C=O) groups excluding carboxylic acids is 2. The maximum atomic E-state index is 12.8. The number of esters is 1. The molecule has 0 saturated carbocycles. The highest BCUT2D eigenvalue weighted by atomic mass is 32.2. The molecule has 0 aromatic heterocycles. The van der Waals surface area contributed by atoms with Gasteiger partial charge in [-0.2, -0.15) is 0 Å². The first-order valence-electron chi connectivity index (χ1n) is 8.35. The summed E-state index contributed by atoms with van der Waals surface area (Å²) in [7, 11) is 0. The molecule has 132 valence electrons. The van der Waals surface area contributed by atoms with E-state index in [2.05, 4.69) is 19.2 Å². The fourth-order valence-electron chi connectivity index (χ4n) is 2.62. The second-order valence-corrected chi connectivity index (χ2v) is 7.83. The van der Waals surface area contributed by atoms with Crippen molar-refractivity contribution in [3.63, 3.8) is 0 Å². The molecular weight excluding hydrogens is 324 g/mol. The Hall–Kier alpha value is -1.69. The minimum Gasteiger partial charge on any atom is -0.461 e. The van der Waals surface area contributed by atoms with Gasteiger partial charge in [-0.15, -0.1) is 11.8 Å². The molecule has 5 nitrogen and oxygen atoms in total. The molecule has 1 heterocycles. The number of para-hydroxylation sites is 1. The number of nitrogens with one attached hydrogen (secondary N) is 1. The van der Waals surface area contributed by atoms with Crippen LogP contribution >= 0.6 is 11.8 Å². The Labute approximate surface area is 148 Å². The van der Waals surface area contributed by atoms with Crippen LogP contribution in [0.25, 0.3) is 0 Å². The molecule has 2 amide bonds. The fraction of sp³-hybridized carbons (Fsp3) is 0.556. The Morgan fingerprint density at radius 1 is 1.25 bits per heavy atom. The van der Waals surface area contributed by atoms with Crippen molar-refractivity contribution in [3.05, 3.63) is 30.3 Å². The van der Waals surface area contributed by atoms with Crippen LogP contribution in [0, 0.1) is 5.92 Å². The van der Waals surface area contributed by atoms with Gasteiger partial charge in [0.2, 0.25) is 0 Å². The molecule has 0 spiro atoms. The number of thioether (sulfide) groups is 1. The van der Waals surface area contributed by atoms with Crippen LogP contribution in [0.4, 0.5) is 10.5 Å². The van der Waals surface area contributed by atoms with Gasteiger partial charge in [0.05, 0.1) is 11.5 Å². The number of rotatable bonds is 5. The van der Waals surface area contributed by atoms with E-state index in [1.807, 2.05) is 44.2 Å². The quantitative estimate of drug-likeness (QED) is 0.817. The van der Waals surface area contributed by atoms with E-state index in [9.17, 15) is 9.59 Å². The lowest BCUT2D eigenvalue weighted by atomic mass is 10.1. The van der Waals surface area contributed by atoms with Gasteiger partial charge in [-0.05, 0) is 38.3 Å². The molecule has 0 bridgehead atoms. The molecule has 1 aliphatic rings. The van der Waals surface area contributed by atoms with Crippen molar-refractivity contribution in [2.24, 2.45) is 5.92 Å². The van der Waals surface area contributed by atoms with Crippen LogP contribution in [0.15, 0.2) is 30.3 Å². The summed E-state index contributed by atoms with van der Waals surface area (Å²) < 4.78 is 5.34. The molecule has 2 unspecified atom stereocenters. The van der Waals surface area contributed by atoms with E-state index >= 15 is 0 Å². The fourth-order valence-corrected chi connectivity index (χ4v) is 4.25. The highest BCUT2D eigenvalue weighted by molar-refractivity contribution is 8.00. The SMILES string of the molecule is CC(C)CC1SCC(C(=O)OC(C)C)N1C(=O)Nc1ccccc1. The number of amides is 2. The van der Waals surface area contributed by atoms with Gasteiger partial charge in [-0.3, -0.25) is 4.90 Å². The first kappa shape index (κ1) is 18.6. The molecule has 2 rings (SSSR count). The predicted octanol–water partition coefficient (Wildman–Crippen LogP) is 3.96. The van der Waals surface area contributed by atoms with Crippen molar-refractivity contribution in [1.82, 2.24) is 4.90 Å². The molecule has 1 aromatic rings. The highest BCUT2D eigenvalue weighted by Crippen LogP contribution is 2.34. The number of benzene rings is 1. The lowest BCUT2D eigenvalue weighted by molar-refractivity contribution is -0.151. The maximum absolute atomic E-state index is 12.8. The number of hydrogen-bond acceptors (Lipinski definition) is 4. The van der Waals surface area contributed by atoms with Crippen LogP contribution in [-0.2, 0) is 9.53 Å². The number of anilines is 1. The van der Waals surface area contributed by atoms with Crippen LogP contribution in [0.3, 0.4) is 0 Å². The van der Waals surface area contributed by atoms with Gasteiger partial charge in [-0.1, -0.05) is 32.0 Å². The third-order valence-electron chi connectivity index (χ3n) is 3.65. The van der Waals surface area contributed by atoms with Crippen molar-refractivity contribution in [3.8, 4) is 0 Å². The Morgan fingerprint density at radius 2 is 1.92 bits per heavy atom. The van der Waals surface area contributed by atoms with E-state index in [4.69, 9.17) is 4.74 Å². The van der Waals surface area contributed by atoms with E-state index in [0.717, 1.165) is 12.1 Å². The number of ether oxygens (including phenoxy) is 1. The van der Waals surface area contributed by atoms with Gasteiger partial charge >= 0.3 is 12.0 Å². The van der Waals surface area contributed by atoms with Gasteiger partial charge in [0.25, 0.3) is 0 Å². The molecule has 1 fully saturated rings. The van der Waals surface area contributed by atoms with Gasteiger partial charge in [0.15, 0.2) is 0 Å². The zero-order valence-corrected chi connectivity index (χ0v) is 15.5. The zero-order chi connectivity index (χ0) is 17.7. The molecule has 2 atom stereocenters. The molecular formula is C18H26N2O3S. The molecule has 1 aromatic carbocycles. The van der Waals surface area contributed by atoms with Crippen molar-refractivity contribution in [2.75, 3.05) is 11.1 Å². The summed E-state index contributed by atoms with van der Waals surface area (Å²) in [4.78, 5) is 26.9. The normalized spacial score (nSPS) is 20.5. The number of carbonyl (C=O) groups is 2. The van der Waals surface area contributed by atoms with Gasteiger partial charge in [-0.25, -0.2) is 9.59 Å². The van der Waals surface area contributed by atoms with E-state index in [1.54, 1.807) is 16.7 Å². The number of hydrogen-bond donors (Lipinski definition) is 1. The van der Waals surface area contributed by atoms with Crippen molar-refractivity contribution in [2.45, 2.75) is 51.6 Å². The maximum Gasteiger partial charge on any atom is 0.330 e. The lowest BCUT2D eigenvalue weighted by Crippen LogP contribution is -2.48. The van der Waals surface area contributed by atoms with Gasteiger partial charge in [0.1, 0.15) is 6.04 Å². The van der Waals surface area contributed by atoms with Crippen molar-refractivity contribution in [1.29, 1.82) is 0 Å². The molecule has 0 aliphatic carbocycles. The number of nitrogens with zero attached hydrogens (tertiary/aromatic N) is 1. The average molecular weight is 350 g/mol. The van der Waals surface area contributed by atoms with E-state index in [-0.39, 0.29) is 23.5 Å². The molecule has 1 N–H and O–H groups in total. The largest absolute Gasteiger partial charge is 0.461 e. The van der Waals surface area contributed by atoms with Crippen molar-refractivity contribution >= 4 is 29.4 Å². The van der Waals surface area contributed by atoms with Crippen LogP contribution in [0.5, 0.6) is 0 Å². The summed E-state index contributed by atoms with van der Waals surface area (Å²) in [5.41, 5.74) is 0.721. The van der Waals surface area contributed by atoms with Crippen LogP contribution in [-0.4, -0.2) is 40.2 Å². The molecule has 0 radical (unpaired) electrons. The van der Waals surface area contributed by atoms with E-state index in [0.29, 0.717) is 11.7 Å². The van der Waals surface area contributed by atoms with Gasteiger partial charge < -0.3 is 10.1 Å². The molecule has 1 saturated heterocycles. The zero-order valence-electron chi connectivity index (χ0n) is 14.7. The van der Waals surface area contributed by atoms with Crippen LogP contribution in [0.2, 0.25) is 0 Å². The molecule has 24 heavy (non-hydrogen) atoms. The van der Waals surface area contributed by atoms with Crippen LogP contribution < -0.4 is 5.32 Å². The smallest absolute Gasteiger partial charge is 0.330 e. The molecule has 1 aliphatic heterocycles. The van der Waals surface area contributed by atoms with Crippen LogP contribution in [0.1, 0.15) is 34.1 Å².